The highest BCUT2D eigenvalue weighted by Gasteiger charge is 2.25. The topological polar surface area (TPSA) is 80.9 Å². The van der Waals surface area contributed by atoms with Crippen molar-refractivity contribution in [2.75, 3.05) is 20.1 Å². The minimum atomic E-state index is -0.125. The van der Waals surface area contributed by atoms with E-state index >= 15 is 0 Å². The minimum absolute atomic E-state index is 0. The number of rotatable bonds is 4. The Kier molecular flexibility index (Phi) is 7.62. The predicted octanol–water partition coefficient (Wildman–Crippen LogP) is 2.51. The van der Waals surface area contributed by atoms with Crippen LogP contribution in [0.15, 0.2) is 24.3 Å². The number of aryl methyl sites for hydroxylation is 1. The van der Waals surface area contributed by atoms with Crippen LogP contribution in [0.5, 0.6) is 0 Å². The number of nitrogens with zero attached hydrogens (tertiary/aromatic N) is 6. The summed E-state index contributed by atoms with van der Waals surface area (Å²) in [5, 5.41) is 11.8. The number of hydrogen-bond acceptors (Lipinski definition) is 5. The average molecular weight is 440 g/mol. The molecule has 0 saturated carbocycles. The van der Waals surface area contributed by atoms with E-state index in [9.17, 15) is 4.79 Å². The molecule has 1 saturated heterocycles. The molecule has 10 heteroatoms. The second-order valence-electron chi connectivity index (χ2n) is 7.19. The van der Waals surface area contributed by atoms with Crippen LogP contribution in [0.25, 0.3) is 11.0 Å². The van der Waals surface area contributed by atoms with E-state index in [1.165, 1.54) is 0 Å². The lowest BCUT2D eigenvalue weighted by molar-refractivity contribution is 0.0774. The Bertz CT molecular complexity index is 978. The normalized spacial score (nSPS) is 14.3. The molecule has 0 unspecified atom stereocenters. The maximum atomic E-state index is 13.0. The number of para-hydroxylation sites is 2. The lowest BCUT2D eigenvalue weighted by atomic mass is 10.1. The van der Waals surface area contributed by atoms with Gasteiger partial charge in [-0.1, -0.05) is 17.3 Å². The molecule has 1 aromatic carbocycles. The Morgan fingerprint density at radius 3 is 2.62 bits per heavy atom. The maximum absolute atomic E-state index is 13.0. The molecule has 0 aliphatic carbocycles. The van der Waals surface area contributed by atoms with Gasteiger partial charge in [-0.25, -0.2) is 9.67 Å². The number of halogens is 2. The molecule has 0 radical (unpaired) electrons. The Hall–Kier alpha value is -2.16. The molecule has 0 bridgehead atoms. The third kappa shape index (κ3) is 4.39. The summed E-state index contributed by atoms with van der Waals surface area (Å²) in [4.78, 5) is 19.3. The number of nitrogens with one attached hydrogen (secondary N) is 1. The van der Waals surface area contributed by atoms with Crippen molar-refractivity contribution in [2.24, 2.45) is 7.05 Å². The molecule has 2 aromatic heterocycles. The van der Waals surface area contributed by atoms with Gasteiger partial charge in [-0.2, -0.15) is 0 Å². The number of aromatic nitrogens is 5. The zero-order valence-electron chi connectivity index (χ0n) is 16.8. The smallest absolute Gasteiger partial charge is 0.276 e. The van der Waals surface area contributed by atoms with Crippen molar-refractivity contribution < 1.29 is 4.79 Å². The summed E-state index contributed by atoms with van der Waals surface area (Å²) < 4.78 is 3.94. The quantitative estimate of drug-likeness (QED) is 0.675. The van der Waals surface area contributed by atoms with Gasteiger partial charge < -0.3 is 14.8 Å². The second kappa shape index (κ2) is 9.56. The predicted molar refractivity (Wildman–Crippen MR) is 117 cm³/mol. The molecule has 4 rings (SSSR count). The van der Waals surface area contributed by atoms with Gasteiger partial charge in [0.25, 0.3) is 5.91 Å². The van der Waals surface area contributed by atoms with Crippen LogP contribution in [-0.4, -0.2) is 55.5 Å². The first kappa shape index (κ1) is 23.1. The van der Waals surface area contributed by atoms with E-state index in [2.05, 4.69) is 20.6 Å². The largest absolute Gasteiger partial charge is 0.333 e. The fourth-order valence-electron chi connectivity index (χ4n) is 3.74. The van der Waals surface area contributed by atoms with E-state index in [0.29, 0.717) is 18.3 Å². The van der Waals surface area contributed by atoms with Gasteiger partial charge in [-0.05, 0) is 45.0 Å². The highest BCUT2D eigenvalue weighted by molar-refractivity contribution is 5.93. The van der Waals surface area contributed by atoms with Crippen LogP contribution in [0.3, 0.4) is 0 Å². The number of carbonyl (C=O) groups excluding carboxylic acids is 1. The van der Waals surface area contributed by atoms with Gasteiger partial charge in [0.1, 0.15) is 5.82 Å². The van der Waals surface area contributed by atoms with E-state index < -0.39 is 0 Å². The zero-order chi connectivity index (χ0) is 19.0. The van der Waals surface area contributed by atoms with Gasteiger partial charge in [-0.3, -0.25) is 4.79 Å². The third-order valence-corrected chi connectivity index (χ3v) is 5.39. The van der Waals surface area contributed by atoms with Crippen molar-refractivity contribution in [3.05, 3.63) is 41.5 Å². The maximum Gasteiger partial charge on any atom is 0.276 e. The summed E-state index contributed by atoms with van der Waals surface area (Å²) in [6.07, 6.45) is 2.01. The van der Waals surface area contributed by atoms with Gasteiger partial charge in [0, 0.05) is 14.1 Å². The lowest BCUT2D eigenvalue weighted by Gasteiger charge is -2.23. The number of fused-ring (bicyclic) bond motifs is 1. The number of carbonyl (C=O) groups is 1. The fraction of sp³-hybridized carbons (Fsp3) is 0.474. The SMILES string of the molecule is Cc1c(C(=O)N(C)Cc2nc3ccccc3n2C)nnn1C1CCNCC1.Cl.Cl. The molecule has 1 aliphatic heterocycles. The summed E-state index contributed by atoms with van der Waals surface area (Å²) in [5.41, 5.74) is 3.25. The van der Waals surface area contributed by atoms with Crippen LogP contribution in [0.1, 0.15) is 40.9 Å². The molecule has 158 valence electrons. The van der Waals surface area contributed by atoms with Crippen LogP contribution in [0, 0.1) is 6.92 Å². The molecule has 1 amide bonds. The van der Waals surface area contributed by atoms with Gasteiger partial charge in [0.15, 0.2) is 5.69 Å². The van der Waals surface area contributed by atoms with Crippen molar-refractivity contribution >= 4 is 41.8 Å². The van der Waals surface area contributed by atoms with Gasteiger partial charge in [0.2, 0.25) is 0 Å². The minimum Gasteiger partial charge on any atom is -0.333 e. The molecule has 1 aliphatic rings. The molecular formula is C19H27Cl2N7O. The molecule has 29 heavy (non-hydrogen) atoms. The molecular weight excluding hydrogens is 413 g/mol. The number of amides is 1. The van der Waals surface area contributed by atoms with E-state index in [4.69, 9.17) is 0 Å². The van der Waals surface area contributed by atoms with E-state index in [1.807, 2.05) is 47.5 Å². The Labute approximate surface area is 182 Å². The second-order valence-corrected chi connectivity index (χ2v) is 7.19. The van der Waals surface area contributed by atoms with Gasteiger partial charge in [-0.15, -0.1) is 29.9 Å². The summed E-state index contributed by atoms with van der Waals surface area (Å²) in [6.45, 7) is 4.29. The standard InChI is InChI=1S/C19H25N7O.2ClH/c1-13-18(22-23-26(13)14-8-10-20-11-9-14)19(27)24(2)12-17-21-15-6-4-5-7-16(15)25(17)3;;/h4-7,14,20H,8-12H2,1-3H3;2*1H. The summed E-state index contributed by atoms with van der Waals surface area (Å²) >= 11 is 0. The Morgan fingerprint density at radius 1 is 1.24 bits per heavy atom. The number of benzene rings is 1. The summed E-state index contributed by atoms with van der Waals surface area (Å²) in [6, 6.07) is 8.28. The molecule has 0 atom stereocenters. The molecule has 1 fully saturated rings. The van der Waals surface area contributed by atoms with Crippen LogP contribution in [-0.2, 0) is 13.6 Å². The lowest BCUT2D eigenvalue weighted by Crippen LogP contribution is -2.31. The zero-order valence-corrected chi connectivity index (χ0v) is 18.5. The highest BCUT2D eigenvalue weighted by Crippen LogP contribution is 2.21. The third-order valence-electron chi connectivity index (χ3n) is 5.39. The molecule has 8 nitrogen and oxygen atoms in total. The van der Waals surface area contributed by atoms with E-state index in [-0.39, 0.29) is 30.7 Å². The van der Waals surface area contributed by atoms with Crippen LogP contribution < -0.4 is 5.32 Å². The summed E-state index contributed by atoms with van der Waals surface area (Å²) in [5.74, 6) is 0.718. The summed E-state index contributed by atoms with van der Waals surface area (Å²) in [7, 11) is 3.76. The van der Waals surface area contributed by atoms with Crippen molar-refractivity contribution in [3.63, 3.8) is 0 Å². The Morgan fingerprint density at radius 2 is 1.93 bits per heavy atom. The first-order valence-electron chi connectivity index (χ1n) is 9.34. The van der Waals surface area contributed by atoms with Crippen molar-refractivity contribution in [1.82, 2.24) is 34.8 Å². The first-order chi connectivity index (χ1) is 13.1. The first-order valence-corrected chi connectivity index (χ1v) is 9.34. The van der Waals surface area contributed by atoms with Crippen LogP contribution in [0.4, 0.5) is 0 Å². The van der Waals surface area contributed by atoms with Crippen LogP contribution >= 0.6 is 24.8 Å². The Balaban J connectivity index is 0.00000150. The van der Waals surface area contributed by atoms with Crippen molar-refractivity contribution in [1.29, 1.82) is 0 Å². The van der Waals surface area contributed by atoms with Crippen molar-refractivity contribution in [3.8, 4) is 0 Å². The van der Waals surface area contributed by atoms with E-state index in [0.717, 1.165) is 48.5 Å². The molecule has 0 spiro atoms. The molecule has 3 aromatic rings. The highest BCUT2D eigenvalue weighted by atomic mass is 35.5. The van der Waals surface area contributed by atoms with Gasteiger partial charge in [0.05, 0.1) is 29.3 Å². The molecule has 1 N–H and O–H groups in total. The number of piperidine rings is 1. The average Bonchev–Trinajstić information content (AvgIpc) is 3.22. The number of hydrogen-bond donors (Lipinski definition) is 1. The van der Waals surface area contributed by atoms with Crippen molar-refractivity contribution in [2.45, 2.75) is 32.4 Å². The monoisotopic (exact) mass is 439 g/mol. The molecule has 3 heterocycles. The fourth-order valence-corrected chi connectivity index (χ4v) is 3.74. The van der Waals surface area contributed by atoms with E-state index in [1.54, 1.807) is 11.9 Å². The number of imidazole rings is 1. The van der Waals surface area contributed by atoms with Gasteiger partial charge >= 0.3 is 0 Å². The van der Waals surface area contributed by atoms with Crippen LogP contribution in [0.2, 0.25) is 0 Å².